The number of benzene rings is 1. The molecule has 0 aromatic heterocycles. The first-order valence-electron chi connectivity index (χ1n) is 6.05. The number of nitrogens with zero attached hydrogens (tertiary/aromatic N) is 1. The number of hydrogen-bond donors (Lipinski definition) is 0. The van der Waals surface area contributed by atoms with E-state index in [9.17, 15) is 4.79 Å². The van der Waals surface area contributed by atoms with Gasteiger partial charge in [-0.3, -0.25) is 0 Å². The fourth-order valence-corrected chi connectivity index (χ4v) is 1.66. The molecule has 0 heterocycles. The van der Waals surface area contributed by atoms with Gasteiger partial charge in [-0.05, 0) is 39.3 Å². The van der Waals surface area contributed by atoms with Gasteiger partial charge in [-0.15, -0.1) is 0 Å². The quantitative estimate of drug-likeness (QED) is 0.827. The molecule has 18 heavy (non-hydrogen) atoms. The van der Waals surface area contributed by atoms with Crippen molar-refractivity contribution in [3.05, 3.63) is 34.9 Å². The minimum atomic E-state index is -0.481. The van der Waals surface area contributed by atoms with Gasteiger partial charge < -0.3 is 9.64 Å². The number of hydrogen-bond acceptors (Lipinski definition) is 2. The van der Waals surface area contributed by atoms with Crippen LogP contribution in [-0.4, -0.2) is 23.1 Å². The van der Waals surface area contributed by atoms with Gasteiger partial charge >= 0.3 is 6.09 Å². The molecule has 3 nitrogen and oxygen atoms in total. The molecule has 0 atom stereocenters. The standard InChI is InChI=1S/C14H20ClNO2/c1-5-16(13(17)18-14(2,3)4)10-11-8-6-7-9-12(11)15/h6-9H,5,10H2,1-4H3. The molecule has 0 unspecified atom stereocenters. The first-order valence-corrected chi connectivity index (χ1v) is 6.42. The minimum absolute atomic E-state index is 0.315. The predicted octanol–water partition coefficient (Wildman–Crippen LogP) is 4.10. The summed E-state index contributed by atoms with van der Waals surface area (Å²) in [6.45, 7) is 8.53. The van der Waals surface area contributed by atoms with Crippen LogP contribution in [0.1, 0.15) is 33.3 Å². The Morgan fingerprint density at radius 3 is 2.44 bits per heavy atom. The van der Waals surface area contributed by atoms with Gasteiger partial charge in [-0.1, -0.05) is 29.8 Å². The molecule has 0 saturated carbocycles. The highest BCUT2D eigenvalue weighted by molar-refractivity contribution is 6.31. The van der Waals surface area contributed by atoms with Crippen LogP contribution in [0.15, 0.2) is 24.3 Å². The molecule has 0 aliphatic rings. The molecule has 0 aliphatic carbocycles. The molecule has 0 fully saturated rings. The van der Waals surface area contributed by atoms with Crippen molar-refractivity contribution in [2.24, 2.45) is 0 Å². The van der Waals surface area contributed by atoms with Crippen molar-refractivity contribution in [1.82, 2.24) is 4.90 Å². The van der Waals surface area contributed by atoms with Crippen molar-refractivity contribution in [1.29, 1.82) is 0 Å². The zero-order valence-corrected chi connectivity index (χ0v) is 12.1. The predicted molar refractivity (Wildman–Crippen MR) is 73.8 cm³/mol. The molecule has 100 valence electrons. The molecule has 0 saturated heterocycles. The molecule has 0 radical (unpaired) electrons. The van der Waals surface area contributed by atoms with Crippen molar-refractivity contribution in [2.45, 2.75) is 39.8 Å². The van der Waals surface area contributed by atoms with E-state index in [0.29, 0.717) is 18.1 Å². The topological polar surface area (TPSA) is 29.5 Å². The second-order valence-electron chi connectivity index (χ2n) is 5.09. The van der Waals surface area contributed by atoms with Crippen molar-refractivity contribution in [2.75, 3.05) is 6.54 Å². The van der Waals surface area contributed by atoms with Crippen LogP contribution in [-0.2, 0) is 11.3 Å². The van der Waals surface area contributed by atoms with Crippen molar-refractivity contribution >= 4 is 17.7 Å². The van der Waals surface area contributed by atoms with E-state index in [-0.39, 0.29) is 6.09 Å². The lowest BCUT2D eigenvalue weighted by Crippen LogP contribution is -2.36. The van der Waals surface area contributed by atoms with Crippen LogP contribution < -0.4 is 0 Å². The smallest absolute Gasteiger partial charge is 0.410 e. The Morgan fingerprint density at radius 2 is 1.94 bits per heavy atom. The van der Waals surface area contributed by atoms with Crippen molar-refractivity contribution in [3.8, 4) is 0 Å². The van der Waals surface area contributed by atoms with Crippen molar-refractivity contribution in [3.63, 3.8) is 0 Å². The van der Waals surface area contributed by atoms with Gasteiger partial charge in [0.25, 0.3) is 0 Å². The summed E-state index contributed by atoms with van der Waals surface area (Å²) in [6, 6.07) is 7.51. The summed E-state index contributed by atoms with van der Waals surface area (Å²) in [4.78, 5) is 13.6. The van der Waals surface area contributed by atoms with E-state index in [1.807, 2.05) is 52.0 Å². The Balaban J connectivity index is 2.74. The number of ether oxygens (including phenoxy) is 1. The van der Waals surface area contributed by atoms with Gasteiger partial charge in [0.2, 0.25) is 0 Å². The van der Waals surface area contributed by atoms with Crippen molar-refractivity contribution < 1.29 is 9.53 Å². The first-order chi connectivity index (χ1) is 8.33. The summed E-state index contributed by atoms with van der Waals surface area (Å²) in [6.07, 6.45) is -0.315. The summed E-state index contributed by atoms with van der Waals surface area (Å²) in [5, 5.41) is 0.666. The average Bonchev–Trinajstić information content (AvgIpc) is 2.25. The SMILES string of the molecule is CCN(Cc1ccccc1Cl)C(=O)OC(C)(C)C. The fourth-order valence-electron chi connectivity index (χ4n) is 1.46. The normalized spacial score (nSPS) is 11.2. The van der Waals surface area contributed by atoms with E-state index < -0.39 is 5.60 Å². The third-order valence-electron chi connectivity index (χ3n) is 2.35. The number of amides is 1. The third kappa shape index (κ3) is 4.57. The lowest BCUT2D eigenvalue weighted by molar-refractivity contribution is 0.0244. The minimum Gasteiger partial charge on any atom is -0.444 e. The highest BCUT2D eigenvalue weighted by Crippen LogP contribution is 2.18. The molecule has 1 amide bonds. The van der Waals surface area contributed by atoms with Gasteiger partial charge in [-0.25, -0.2) is 4.79 Å². The van der Waals surface area contributed by atoms with E-state index >= 15 is 0 Å². The highest BCUT2D eigenvalue weighted by Gasteiger charge is 2.21. The van der Waals surface area contributed by atoms with Crippen LogP contribution in [0.2, 0.25) is 5.02 Å². The van der Waals surface area contributed by atoms with Gasteiger partial charge in [0.15, 0.2) is 0 Å². The Labute approximate surface area is 114 Å². The van der Waals surface area contributed by atoms with Crippen LogP contribution in [0, 0.1) is 0 Å². The lowest BCUT2D eigenvalue weighted by Gasteiger charge is -2.26. The molecular formula is C14H20ClNO2. The number of carbonyl (C=O) groups is 1. The number of carbonyl (C=O) groups excluding carboxylic acids is 1. The zero-order valence-electron chi connectivity index (χ0n) is 11.4. The maximum Gasteiger partial charge on any atom is 0.410 e. The second-order valence-corrected chi connectivity index (χ2v) is 5.49. The molecular weight excluding hydrogens is 250 g/mol. The number of halogens is 1. The van der Waals surface area contributed by atoms with Gasteiger partial charge in [0, 0.05) is 11.6 Å². The molecule has 1 aromatic rings. The van der Waals surface area contributed by atoms with Crippen LogP contribution >= 0.6 is 11.6 Å². The van der Waals surface area contributed by atoms with Gasteiger partial charge in [0.05, 0.1) is 6.54 Å². The molecule has 0 aliphatic heterocycles. The fraction of sp³-hybridized carbons (Fsp3) is 0.500. The zero-order chi connectivity index (χ0) is 13.8. The van der Waals surface area contributed by atoms with Crippen LogP contribution in [0.25, 0.3) is 0 Å². The summed E-state index contributed by atoms with van der Waals surface area (Å²) in [5.74, 6) is 0. The molecule has 0 spiro atoms. The molecule has 1 rings (SSSR count). The average molecular weight is 270 g/mol. The monoisotopic (exact) mass is 269 g/mol. The Morgan fingerprint density at radius 1 is 1.33 bits per heavy atom. The summed E-state index contributed by atoms with van der Waals surface area (Å²) < 4.78 is 5.35. The Hall–Kier alpha value is -1.22. The largest absolute Gasteiger partial charge is 0.444 e. The van der Waals surface area contributed by atoms with Gasteiger partial charge in [-0.2, -0.15) is 0 Å². The third-order valence-corrected chi connectivity index (χ3v) is 2.72. The number of rotatable bonds is 3. The summed E-state index contributed by atoms with van der Waals surface area (Å²) in [5.41, 5.74) is 0.442. The maximum atomic E-state index is 12.0. The molecule has 0 bridgehead atoms. The second kappa shape index (κ2) is 6.10. The van der Waals surface area contributed by atoms with Crippen LogP contribution in [0.3, 0.4) is 0 Å². The van der Waals surface area contributed by atoms with E-state index in [4.69, 9.17) is 16.3 Å². The van der Waals surface area contributed by atoms with E-state index in [2.05, 4.69) is 0 Å². The lowest BCUT2D eigenvalue weighted by atomic mass is 10.2. The van der Waals surface area contributed by atoms with E-state index in [1.54, 1.807) is 4.90 Å². The van der Waals surface area contributed by atoms with Gasteiger partial charge in [0.1, 0.15) is 5.60 Å². The summed E-state index contributed by atoms with van der Waals surface area (Å²) >= 11 is 6.08. The maximum absolute atomic E-state index is 12.0. The highest BCUT2D eigenvalue weighted by atomic mass is 35.5. The van der Waals surface area contributed by atoms with E-state index in [1.165, 1.54) is 0 Å². The Kier molecular flexibility index (Phi) is 5.03. The van der Waals surface area contributed by atoms with Crippen LogP contribution in [0.5, 0.6) is 0 Å². The van der Waals surface area contributed by atoms with E-state index in [0.717, 1.165) is 5.56 Å². The summed E-state index contributed by atoms with van der Waals surface area (Å²) in [7, 11) is 0. The molecule has 4 heteroatoms. The molecule has 0 N–H and O–H groups in total. The van der Waals surface area contributed by atoms with Crippen LogP contribution in [0.4, 0.5) is 4.79 Å². The first kappa shape index (κ1) is 14.8. The Bertz CT molecular complexity index is 413. The molecule has 1 aromatic carbocycles.